The van der Waals surface area contributed by atoms with E-state index >= 15 is 0 Å². The molecule has 0 atom stereocenters. The Bertz CT molecular complexity index is 997. The minimum absolute atomic E-state index is 0.0358. The van der Waals surface area contributed by atoms with Crippen LogP contribution < -0.4 is 0 Å². The number of halogens is 1. The third-order valence-electron chi connectivity index (χ3n) is 3.99. The summed E-state index contributed by atoms with van der Waals surface area (Å²) in [6.07, 6.45) is 0. The van der Waals surface area contributed by atoms with Gasteiger partial charge in [0.25, 0.3) is 0 Å². The highest BCUT2D eigenvalue weighted by molar-refractivity contribution is 7.89. The van der Waals surface area contributed by atoms with E-state index in [0.29, 0.717) is 11.1 Å². The molecule has 0 unspecified atom stereocenters. The quantitative estimate of drug-likeness (QED) is 0.684. The Morgan fingerprint density at radius 1 is 1.26 bits per heavy atom. The van der Waals surface area contributed by atoms with Crippen LogP contribution in [-0.2, 0) is 21.4 Å². The highest BCUT2D eigenvalue weighted by Crippen LogP contribution is 2.24. The zero-order chi connectivity index (χ0) is 20.2. The van der Waals surface area contributed by atoms with Crippen molar-refractivity contribution in [2.45, 2.75) is 31.4 Å². The molecule has 0 spiro atoms. The fraction of sp³-hybridized carbons (Fsp3) is 0.263. The molecular formula is C19H19ClN2O4S. The van der Waals surface area contributed by atoms with Crippen LogP contribution >= 0.6 is 11.6 Å². The summed E-state index contributed by atoms with van der Waals surface area (Å²) in [5.41, 5.74) is 1.06. The van der Waals surface area contributed by atoms with Crippen LogP contribution in [0.4, 0.5) is 0 Å². The first-order valence-corrected chi connectivity index (χ1v) is 9.92. The molecular weight excluding hydrogens is 388 g/mol. The number of hydrogen-bond acceptors (Lipinski definition) is 5. The summed E-state index contributed by atoms with van der Waals surface area (Å²) in [4.78, 5) is 12.4. The number of ether oxygens (including phenoxy) is 1. The van der Waals surface area contributed by atoms with Gasteiger partial charge in [0.15, 0.2) is 0 Å². The van der Waals surface area contributed by atoms with Gasteiger partial charge in [-0.15, -0.1) is 0 Å². The van der Waals surface area contributed by atoms with Crippen LogP contribution in [0.1, 0.15) is 35.3 Å². The first-order chi connectivity index (χ1) is 12.7. The van der Waals surface area contributed by atoms with Gasteiger partial charge in [-0.3, -0.25) is 0 Å². The predicted molar refractivity (Wildman–Crippen MR) is 102 cm³/mol. The highest BCUT2D eigenvalue weighted by atomic mass is 35.5. The molecule has 0 aliphatic carbocycles. The number of nitrogens with zero attached hydrogens (tertiary/aromatic N) is 2. The SMILES string of the molecule is CC(C)N(C)S(=O)(=O)c1ccc(Cl)c(C(=O)OCc2cccc(C#N)c2)c1. The lowest BCUT2D eigenvalue weighted by atomic mass is 10.1. The topological polar surface area (TPSA) is 87.5 Å². The molecule has 8 heteroatoms. The van der Waals surface area contributed by atoms with Gasteiger partial charge in [-0.25, -0.2) is 13.2 Å². The van der Waals surface area contributed by atoms with Crippen molar-refractivity contribution in [2.75, 3.05) is 7.05 Å². The molecule has 0 bridgehead atoms. The average Bonchev–Trinajstić information content (AvgIpc) is 2.65. The van der Waals surface area contributed by atoms with Crippen LogP contribution in [0.2, 0.25) is 5.02 Å². The van der Waals surface area contributed by atoms with Gasteiger partial charge in [0, 0.05) is 13.1 Å². The van der Waals surface area contributed by atoms with E-state index in [4.69, 9.17) is 21.6 Å². The molecule has 0 aliphatic rings. The predicted octanol–water partition coefficient (Wildman–Crippen LogP) is 3.60. The Morgan fingerprint density at radius 2 is 1.96 bits per heavy atom. The van der Waals surface area contributed by atoms with Crippen molar-refractivity contribution in [3.05, 3.63) is 64.2 Å². The summed E-state index contributed by atoms with van der Waals surface area (Å²) in [5.74, 6) is -0.744. The van der Waals surface area contributed by atoms with Gasteiger partial charge in [-0.05, 0) is 49.7 Å². The number of benzene rings is 2. The summed E-state index contributed by atoms with van der Waals surface area (Å²) >= 11 is 6.06. The van der Waals surface area contributed by atoms with Crippen LogP contribution in [0, 0.1) is 11.3 Å². The molecule has 0 saturated carbocycles. The maximum Gasteiger partial charge on any atom is 0.340 e. The molecule has 0 amide bonds. The van der Waals surface area contributed by atoms with Gasteiger partial charge in [0.1, 0.15) is 6.61 Å². The lowest BCUT2D eigenvalue weighted by Crippen LogP contribution is -2.33. The Morgan fingerprint density at radius 3 is 2.59 bits per heavy atom. The third kappa shape index (κ3) is 4.86. The number of carbonyl (C=O) groups is 1. The van der Waals surface area contributed by atoms with E-state index < -0.39 is 16.0 Å². The largest absolute Gasteiger partial charge is 0.457 e. The van der Waals surface area contributed by atoms with Crippen LogP contribution in [0.15, 0.2) is 47.4 Å². The molecule has 0 aliphatic heterocycles. The van der Waals surface area contributed by atoms with Gasteiger partial charge in [0.05, 0.1) is 27.1 Å². The van der Waals surface area contributed by atoms with Crippen LogP contribution in [-0.4, -0.2) is 31.8 Å². The fourth-order valence-corrected chi connectivity index (χ4v) is 3.81. The van der Waals surface area contributed by atoms with E-state index in [2.05, 4.69) is 0 Å². The number of carbonyl (C=O) groups excluding carboxylic acids is 1. The smallest absolute Gasteiger partial charge is 0.340 e. The molecule has 0 N–H and O–H groups in total. The molecule has 142 valence electrons. The van der Waals surface area contributed by atoms with Crippen molar-refractivity contribution in [1.82, 2.24) is 4.31 Å². The lowest BCUT2D eigenvalue weighted by Gasteiger charge is -2.21. The molecule has 27 heavy (non-hydrogen) atoms. The van der Waals surface area contributed by atoms with Gasteiger partial charge >= 0.3 is 5.97 Å². The average molecular weight is 407 g/mol. The van der Waals surface area contributed by atoms with Crippen molar-refractivity contribution >= 4 is 27.6 Å². The minimum Gasteiger partial charge on any atom is -0.457 e. The molecule has 2 aromatic carbocycles. The van der Waals surface area contributed by atoms with Crippen LogP contribution in [0.25, 0.3) is 0 Å². The van der Waals surface area contributed by atoms with Crippen molar-refractivity contribution in [2.24, 2.45) is 0 Å². The number of rotatable bonds is 6. The molecule has 0 heterocycles. The van der Waals surface area contributed by atoms with Gasteiger partial charge in [-0.2, -0.15) is 9.57 Å². The first-order valence-electron chi connectivity index (χ1n) is 8.10. The van der Waals surface area contributed by atoms with E-state index in [9.17, 15) is 13.2 Å². The van der Waals surface area contributed by atoms with E-state index in [1.807, 2.05) is 6.07 Å². The van der Waals surface area contributed by atoms with Gasteiger partial charge < -0.3 is 4.74 Å². The molecule has 0 radical (unpaired) electrons. The van der Waals surface area contributed by atoms with Crippen molar-refractivity contribution in [3.63, 3.8) is 0 Å². The van der Waals surface area contributed by atoms with Crippen molar-refractivity contribution in [1.29, 1.82) is 5.26 Å². The van der Waals surface area contributed by atoms with Gasteiger partial charge in [-0.1, -0.05) is 23.7 Å². The number of esters is 1. The van der Waals surface area contributed by atoms with E-state index in [1.165, 1.54) is 29.6 Å². The molecule has 2 rings (SSSR count). The second-order valence-electron chi connectivity index (χ2n) is 6.14. The van der Waals surface area contributed by atoms with Crippen molar-refractivity contribution in [3.8, 4) is 6.07 Å². The lowest BCUT2D eigenvalue weighted by molar-refractivity contribution is 0.0472. The van der Waals surface area contributed by atoms with Crippen molar-refractivity contribution < 1.29 is 17.9 Å². The number of hydrogen-bond donors (Lipinski definition) is 0. The minimum atomic E-state index is -3.76. The Balaban J connectivity index is 2.25. The summed E-state index contributed by atoms with van der Waals surface area (Å²) in [6.45, 7) is 3.43. The van der Waals surface area contributed by atoms with E-state index in [-0.39, 0.29) is 28.1 Å². The normalized spacial score (nSPS) is 11.4. The highest BCUT2D eigenvalue weighted by Gasteiger charge is 2.25. The Kier molecular flexibility index (Phi) is 6.60. The van der Waals surface area contributed by atoms with Crippen LogP contribution in [0.3, 0.4) is 0 Å². The van der Waals surface area contributed by atoms with Gasteiger partial charge in [0.2, 0.25) is 10.0 Å². The molecule has 0 aromatic heterocycles. The van der Waals surface area contributed by atoms with Crippen LogP contribution in [0.5, 0.6) is 0 Å². The zero-order valence-electron chi connectivity index (χ0n) is 15.1. The summed E-state index contributed by atoms with van der Waals surface area (Å²) in [5, 5.41) is 9.00. The second kappa shape index (κ2) is 8.53. The maximum atomic E-state index is 12.6. The Labute approximate surface area is 164 Å². The summed E-state index contributed by atoms with van der Waals surface area (Å²) < 4.78 is 31.7. The number of sulfonamides is 1. The molecule has 0 saturated heterocycles. The fourth-order valence-electron chi connectivity index (χ4n) is 2.22. The number of nitriles is 1. The van der Waals surface area contributed by atoms with E-state index in [1.54, 1.807) is 38.1 Å². The zero-order valence-corrected chi connectivity index (χ0v) is 16.7. The molecule has 2 aromatic rings. The summed E-state index contributed by atoms with van der Waals surface area (Å²) in [6, 6.07) is 12.3. The maximum absolute atomic E-state index is 12.6. The molecule has 6 nitrogen and oxygen atoms in total. The Hall–Kier alpha value is -2.40. The second-order valence-corrected chi connectivity index (χ2v) is 8.55. The standard InChI is InChI=1S/C19H19ClN2O4S/c1-13(2)22(3)27(24,25)16-7-8-18(20)17(10-16)19(23)26-12-15-6-4-5-14(9-15)11-21/h4-10,13H,12H2,1-3H3. The third-order valence-corrected chi connectivity index (χ3v) is 6.35. The first kappa shape index (κ1) is 20.9. The summed E-state index contributed by atoms with van der Waals surface area (Å²) in [7, 11) is -2.29. The molecule has 0 fully saturated rings. The van der Waals surface area contributed by atoms with E-state index in [0.717, 1.165) is 0 Å². The monoisotopic (exact) mass is 406 g/mol.